The van der Waals surface area contributed by atoms with Crippen LogP contribution in [0.1, 0.15) is 17.4 Å². The molecular weight excluding hydrogens is 529 g/mol. The van der Waals surface area contributed by atoms with E-state index in [2.05, 4.69) is 10.3 Å². The molecule has 0 saturated carbocycles. The number of thiophene rings is 1. The van der Waals surface area contributed by atoms with Crippen molar-refractivity contribution in [3.63, 3.8) is 0 Å². The summed E-state index contributed by atoms with van der Waals surface area (Å²) in [4.78, 5) is 30.0. The van der Waals surface area contributed by atoms with Gasteiger partial charge in [-0.05, 0) is 43.7 Å². The van der Waals surface area contributed by atoms with Crippen molar-refractivity contribution < 1.29 is 17.9 Å². The number of nitrogens with one attached hydrogen (secondary N) is 1. The van der Waals surface area contributed by atoms with Crippen LogP contribution in [0.5, 0.6) is 5.75 Å². The van der Waals surface area contributed by atoms with Crippen LogP contribution in [0.2, 0.25) is 5.02 Å². The van der Waals surface area contributed by atoms with E-state index < -0.39 is 24.0 Å². The summed E-state index contributed by atoms with van der Waals surface area (Å²) in [5, 5.41) is 3.76. The number of halogens is 4. The van der Waals surface area contributed by atoms with Gasteiger partial charge >= 0.3 is 11.9 Å². The van der Waals surface area contributed by atoms with Crippen LogP contribution in [0.25, 0.3) is 21.3 Å². The van der Waals surface area contributed by atoms with E-state index in [0.29, 0.717) is 38.8 Å². The lowest BCUT2D eigenvalue weighted by molar-refractivity contribution is -0.141. The quantitative estimate of drug-likeness (QED) is 0.380. The fourth-order valence-electron chi connectivity index (χ4n) is 4.31. The van der Waals surface area contributed by atoms with Crippen LogP contribution in [0, 0.1) is 6.92 Å². The lowest BCUT2D eigenvalue weighted by atomic mass is 9.97. The van der Waals surface area contributed by atoms with Gasteiger partial charge in [-0.2, -0.15) is 13.2 Å². The number of rotatable bonds is 6. The van der Waals surface area contributed by atoms with Crippen LogP contribution in [0.15, 0.2) is 52.3 Å². The second kappa shape index (κ2) is 9.30. The number of pyridine rings is 1. The number of benzene rings is 1. The van der Waals surface area contributed by atoms with E-state index in [9.17, 15) is 22.8 Å². The van der Waals surface area contributed by atoms with Gasteiger partial charge in [0.25, 0.3) is 5.56 Å². The largest absolute Gasteiger partial charge is 0.484 e. The van der Waals surface area contributed by atoms with Gasteiger partial charge in [-0.15, -0.1) is 11.3 Å². The van der Waals surface area contributed by atoms with E-state index in [1.54, 1.807) is 12.3 Å². The van der Waals surface area contributed by atoms with Crippen molar-refractivity contribution in [2.24, 2.45) is 0 Å². The molecule has 0 amide bonds. The van der Waals surface area contributed by atoms with Gasteiger partial charge in [0.15, 0.2) is 0 Å². The normalized spacial score (nSPS) is 15.1. The summed E-state index contributed by atoms with van der Waals surface area (Å²) < 4.78 is 47.1. The van der Waals surface area contributed by atoms with E-state index in [1.807, 2.05) is 32.0 Å². The van der Waals surface area contributed by atoms with Gasteiger partial charge in [0, 0.05) is 52.6 Å². The average molecular weight is 551 g/mol. The summed E-state index contributed by atoms with van der Waals surface area (Å²) in [5.41, 5.74) is 1.02. The second-order valence-corrected chi connectivity index (χ2v) is 10.9. The monoisotopic (exact) mass is 550 g/mol. The van der Waals surface area contributed by atoms with E-state index in [1.165, 1.54) is 11.3 Å². The molecule has 0 radical (unpaired) electrons. The van der Waals surface area contributed by atoms with Crippen molar-refractivity contribution in [1.29, 1.82) is 0 Å². The highest BCUT2D eigenvalue weighted by Crippen LogP contribution is 2.42. The Labute approximate surface area is 218 Å². The molecule has 0 aliphatic carbocycles. The summed E-state index contributed by atoms with van der Waals surface area (Å²) in [6.07, 6.45) is -2.09. The molecular formula is C25H22ClF3N4O3S. The summed E-state index contributed by atoms with van der Waals surface area (Å²) in [6, 6.07) is 8.18. The first-order chi connectivity index (χ1) is 17.4. The average Bonchev–Trinajstić information content (AvgIpc) is 3.21. The number of aryl methyl sites for hydroxylation is 1. The minimum absolute atomic E-state index is 0.182. The Bertz CT molecular complexity index is 1620. The lowest BCUT2D eigenvalue weighted by Gasteiger charge is -2.40. The lowest BCUT2D eigenvalue weighted by Crippen LogP contribution is -2.61. The Morgan fingerprint density at radius 3 is 2.62 bits per heavy atom. The fraction of sp³-hybridized carbons (Fsp3) is 0.320. The highest BCUT2D eigenvalue weighted by atomic mass is 35.5. The third-order valence-corrected chi connectivity index (χ3v) is 7.50. The summed E-state index contributed by atoms with van der Waals surface area (Å²) in [5.74, 6) is 0.699. The highest BCUT2D eigenvalue weighted by Gasteiger charge is 2.35. The molecule has 0 atom stereocenters. The number of ether oxygens (including phenoxy) is 1. The first-order valence-electron chi connectivity index (χ1n) is 11.4. The van der Waals surface area contributed by atoms with E-state index in [-0.39, 0.29) is 12.1 Å². The van der Waals surface area contributed by atoms with E-state index in [0.717, 1.165) is 38.2 Å². The molecule has 1 saturated heterocycles. The Hall–Kier alpha value is -3.15. The van der Waals surface area contributed by atoms with Crippen LogP contribution in [0.4, 0.5) is 13.2 Å². The summed E-state index contributed by atoms with van der Waals surface area (Å²) in [7, 11) is 0. The molecule has 1 N–H and O–H groups in total. The van der Waals surface area contributed by atoms with Gasteiger partial charge < -0.3 is 10.1 Å². The van der Waals surface area contributed by atoms with E-state index in [4.69, 9.17) is 16.3 Å². The van der Waals surface area contributed by atoms with Crippen molar-refractivity contribution in [2.45, 2.75) is 38.7 Å². The highest BCUT2D eigenvalue weighted by molar-refractivity contribution is 7.19. The molecule has 1 aliphatic heterocycles. The molecule has 194 valence electrons. The molecule has 0 unspecified atom stereocenters. The van der Waals surface area contributed by atoms with Crippen molar-refractivity contribution in [3.05, 3.63) is 79.0 Å². The zero-order valence-electron chi connectivity index (χ0n) is 19.9. The molecule has 4 aromatic rings. The molecule has 1 fully saturated rings. The van der Waals surface area contributed by atoms with Crippen molar-refractivity contribution >= 4 is 33.2 Å². The zero-order valence-corrected chi connectivity index (χ0v) is 21.4. The van der Waals surface area contributed by atoms with Crippen LogP contribution in [0.3, 0.4) is 0 Å². The first kappa shape index (κ1) is 25.5. The minimum Gasteiger partial charge on any atom is -0.484 e. The van der Waals surface area contributed by atoms with Gasteiger partial charge in [0.2, 0.25) is 0 Å². The topological polar surface area (TPSA) is 78.2 Å². The third kappa shape index (κ3) is 5.16. The molecule has 7 nitrogen and oxygen atoms in total. The van der Waals surface area contributed by atoms with E-state index >= 15 is 0 Å². The number of alkyl halides is 3. The predicted octanol–water partition coefficient (Wildman–Crippen LogP) is 4.60. The Morgan fingerprint density at radius 1 is 1.19 bits per heavy atom. The van der Waals surface area contributed by atoms with Gasteiger partial charge in [-0.25, -0.2) is 4.79 Å². The molecule has 5 rings (SSSR count). The summed E-state index contributed by atoms with van der Waals surface area (Å²) in [6.45, 7) is 3.71. The minimum atomic E-state index is -4.59. The molecule has 12 heteroatoms. The van der Waals surface area contributed by atoms with Gasteiger partial charge in [0.1, 0.15) is 17.9 Å². The number of hydrogen-bond donors (Lipinski definition) is 1. The maximum absolute atomic E-state index is 12.9. The predicted molar refractivity (Wildman–Crippen MR) is 137 cm³/mol. The van der Waals surface area contributed by atoms with Gasteiger partial charge in [-0.1, -0.05) is 11.6 Å². The molecule has 4 heterocycles. The standard InChI is InChI=1S/C25H22ClF3N4O3S/c1-14-7-15(26)8-18(21(14)36-24(2)11-30-12-24)17-3-5-31-19-9-16(37-22(17)19)10-33-20(34)4-6-32(23(33)35)13-25(27,28)29/h3-9,30H,10-13H2,1-2H3. The number of fused-ring (bicyclic) bond motifs is 1. The Kier molecular flexibility index (Phi) is 6.41. The number of hydrogen-bond acceptors (Lipinski definition) is 6. The fourth-order valence-corrected chi connectivity index (χ4v) is 5.71. The number of nitrogens with zero attached hydrogens (tertiary/aromatic N) is 3. The summed E-state index contributed by atoms with van der Waals surface area (Å²) >= 11 is 7.72. The SMILES string of the molecule is Cc1cc(Cl)cc(-c2ccnc3cc(Cn4c(=O)ccn(CC(F)(F)F)c4=O)sc23)c1OC1(C)CNC1. The third-order valence-electron chi connectivity index (χ3n) is 6.14. The van der Waals surface area contributed by atoms with Gasteiger partial charge in [-0.3, -0.25) is 18.9 Å². The molecule has 1 aromatic carbocycles. The van der Waals surface area contributed by atoms with Crippen LogP contribution in [-0.4, -0.2) is 39.0 Å². The number of aromatic nitrogens is 3. The Balaban J connectivity index is 1.58. The van der Waals surface area contributed by atoms with Crippen molar-refractivity contribution in [3.8, 4) is 16.9 Å². The van der Waals surface area contributed by atoms with Crippen LogP contribution < -0.4 is 21.3 Å². The van der Waals surface area contributed by atoms with Crippen LogP contribution >= 0.6 is 22.9 Å². The zero-order chi connectivity index (χ0) is 26.5. The maximum Gasteiger partial charge on any atom is 0.406 e. The molecule has 3 aromatic heterocycles. The van der Waals surface area contributed by atoms with Gasteiger partial charge in [0.05, 0.1) is 16.8 Å². The van der Waals surface area contributed by atoms with Crippen molar-refractivity contribution in [1.82, 2.24) is 19.4 Å². The Morgan fingerprint density at radius 2 is 1.95 bits per heavy atom. The molecule has 37 heavy (non-hydrogen) atoms. The first-order valence-corrected chi connectivity index (χ1v) is 12.6. The second-order valence-electron chi connectivity index (χ2n) is 9.31. The molecule has 0 bridgehead atoms. The molecule has 0 spiro atoms. The van der Waals surface area contributed by atoms with Crippen molar-refractivity contribution in [2.75, 3.05) is 13.1 Å². The molecule has 1 aliphatic rings. The smallest absolute Gasteiger partial charge is 0.406 e. The van der Waals surface area contributed by atoms with Crippen LogP contribution in [-0.2, 0) is 13.1 Å². The maximum atomic E-state index is 12.9.